The van der Waals surface area contributed by atoms with Gasteiger partial charge in [0.15, 0.2) is 0 Å². The topological polar surface area (TPSA) is 47.4 Å². The van der Waals surface area contributed by atoms with Gasteiger partial charge >= 0.3 is 6.09 Å². The Morgan fingerprint density at radius 3 is 2.89 bits per heavy atom. The van der Waals surface area contributed by atoms with Crippen molar-refractivity contribution < 1.29 is 13.9 Å². The molecule has 98 valence electrons. The number of hydrogen-bond acceptors (Lipinski definition) is 3. The fourth-order valence-electron chi connectivity index (χ4n) is 2.09. The molecule has 1 aromatic heterocycles. The predicted molar refractivity (Wildman–Crippen MR) is 66.8 cm³/mol. The lowest BCUT2D eigenvalue weighted by Gasteiger charge is -2.14. The number of aromatic nitrogens is 2. The lowest BCUT2D eigenvalue weighted by molar-refractivity contribution is 0.150. The smallest absolute Gasteiger partial charge is 0.414 e. The van der Waals surface area contributed by atoms with Crippen LogP contribution < -0.4 is 4.90 Å². The van der Waals surface area contributed by atoms with E-state index in [1.165, 1.54) is 17.3 Å². The number of anilines is 1. The highest BCUT2D eigenvalue weighted by Crippen LogP contribution is 2.25. The van der Waals surface area contributed by atoms with Gasteiger partial charge in [-0.1, -0.05) is 0 Å². The third-order valence-electron chi connectivity index (χ3n) is 2.99. The molecule has 2 heterocycles. The van der Waals surface area contributed by atoms with Gasteiger partial charge < -0.3 is 9.30 Å². The Hall–Kier alpha value is -2.37. The molecular formula is C13H12FN3O2. The quantitative estimate of drug-likeness (QED) is 0.833. The number of carbonyl (C=O) groups excluding carboxylic acids is 1. The minimum Gasteiger partial charge on any atom is -0.444 e. The SMILES string of the molecule is C[C@H]1CN(c2ccc(-n3ccnc3)c(F)c2)C(=O)O1. The van der Waals surface area contributed by atoms with E-state index >= 15 is 0 Å². The van der Waals surface area contributed by atoms with Crippen molar-refractivity contribution in [3.8, 4) is 5.69 Å². The predicted octanol–water partition coefficient (Wildman–Crippen LogP) is 2.36. The van der Waals surface area contributed by atoms with Crippen LogP contribution in [0, 0.1) is 5.82 Å². The van der Waals surface area contributed by atoms with E-state index in [-0.39, 0.29) is 6.10 Å². The first kappa shape index (κ1) is 11.7. The van der Waals surface area contributed by atoms with Gasteiger partial charge in [0, 0.05) is 12.4 Å². The van der Waals surface area contributed by atoms with Crippen molar-refractivity contribution in [2.75, 3.05) is 11.4 Å². The summed E-state index contributed by atoms with van der Waals surface area (Å²) in [7, 11) is 0. The van der Waals surface area contributed by atoms with Crippen LogP contribution in [0.25, 0.3) is 5.69 Å². The van der Waals surface area contributed by atoms with E-state index in [9.17, 15) is 9.18 Å². The maximum atomic E-state index is 14.1. The van der Waals surface area contributed by atoms with Gasteiger partial charge in [0.2, 0.25) is 0 Å². The van der Waals surface area contributed by atoms with E-state index in [0.717, 1.165) is 0 Å². The molecule has 19 heavy (non-hydrogen) atoms. The van der Waals surface area contributed by atoms with Crippen LogP contribution in [0.15, 0.2) is 36.9 Å². The zero-order valence-corrected chi connectivity index (χ0v) is 10.3. The van der Waals surface area contributed by atoms with E-state index in [1.807, 2.05) is 0 Å². The van der Waals surface area contributed by atoms with Crippen molar-refractivity contribution >= 4 is 11.8 Å². The first-order valence-electron chi connectivity index (χ1n) is 5.91. The van der Waals surface area contributed by atoms with E-state index < -0.39 is 11.9 Å². The molecule has 1 fully saturated rings. The number of hydrogen-bond donors (Lipinski definition) is 0. The number of cyclic esters (lactones) is 1. The fourth-order valence-corrected chi connectivity index (χ4v) is 2.09. The molecule has 1 atom stereocenters. The minimum atomic E-state index is -0.442. The minimum absolute atomic E-state index is 0.177. The zero-order valence-electron chi connectivity index (χ0n) is 10.3. The second-order valence-electron chi connectivity index (χ2n) is 4.41. The normalized spacial score (nSPS) is 18.7. The largest absolute Gasteiger partial charge is 0.444 e. The number of halogens is 1. The average molecular weight is 261 g/mol. The molecule has 0 bridgehead atoms. The van der Waals surface area contributed by atoms with Crippen LogP contribution in [-0.4, -0.2) is 28.3 Å². The van der Waals surface area contributed by atoms with Gasteiger partial charge in [0.05, 0.1) is 24.2 Å². The molecule has 0 spiro atoms. The molecule has 0 radical (unpaired) electrons. The van der Waals surface area contributed by atoms with Crippen LogP contribution in [0.4, 0.5) is 14.9 Å². The summed E-state index contributed by atoms with van der Waals surface area (Å²) in [5.74, 6) is -0.414. The average Bonchev–Trinajstić information content (AvgIpc) is 2.99. The molecule has 6 heteroatoms. The van der Waals surface area contributed by atoms with Crippen molar-refractivity contribution in [1.82, 2.24) is 9.55 Å². The lowest BCUT2D eigenvalue weighted by atomic mass is 10.2. The van der Waals surface area contributed by atoms with Crippen LogP contribution in [0.2, 0.25) is 0 Å². The molecule has 1 amide bonds. The summed E-state index contributed by atoms with van der Waals surface area (Å²) < 4.78 is 20.7. The summed E-state index contributed by atoms with van der Waals surface area (Å²) >= 11 is 0. The Labute approximate surface area is 109 Å². The molecule has 1 aliphatic rings. The van der Waals surface area contributed by atoms with Crippen molar-refractivity contribution in [1.29, 1.82) is 0 Å². The third-order valence-corrected chi connectivity index (χ3v) is 2.99. The molecule has 3 rings (SSSR count). The number of ether oxygens (including phenoxy) is 1. The molecule has 0 aliphatic carbocycles. The summed E-state index contributed by atoms with van der Waals surface area (Å²) in [6.45, 7) is 2.23. The number of rotatable bonds is 2. The number of benzene rings is 1. The maximum Gasteiger partial charge on any atom is 0.414 e. The van der Waals surface area contributed by atoms with Gasteiger partial charge in [-0.3, -0.25) is 4.90 Å². The lowest BCUT2D eigenvalue weighted by Crippen LogP contribution is -2.24. The third kappa shape index (κ3) is 2.05. The van der Waals surface area contributed by atoms with E-state index in [4.69, 9.17) is 4.74 Å². The first-order chi connectivity index (χ1) is 9.15. The molecule has 0 unspecified atom stereocenters. The van der Waals surface area contributed by atoms with Crippen LogP contribution >= 0.6 is 0 Å². The summed E-state index contributed by atoms with van der Waals surface area (Å²) in [4.78, 5) is 16.9. The monoisotopic (exact) mass is 261 g/mol. The van der Waals surface area contributed by atoms with Gasteiger partial charge in [-0.25, -0.2) is 14.2 Å². The highest BCUT2D eigenvalue weighted by Gasteiger charge is 2.29. The van der Waals surface area contributed by atoms with Crippen molar-refractivity contribution in [2.45, 2.75) is 13.0 Å². The molecule has 1 saturated heterocycles. The Kier molecular flexibility index (Phi) is 2.70. The molecule has 1 aliphatic heterocycles. The Balaban J connectivity index is 1.94. The Bertz CT molecular complexity index is 612. The van der Waals surface area contributed by atoms with Crippen LogP contribution in [0.3, 0.4) is 0 Å². The number of carbonyl (C=O) groups is 1. The van der Waals surface area contributed by atoms with Crippen LogP contribution in [0.5, 0.6) is 0 Å². The maximum absolute atomic E-state index is 14.1. The second kappa shape index (κ2) is 4.38. The van der Waals surface area contributed by atoms with Gasteiger partial charge in [0.25, 0.3) is 0 Å². The number of amides is 1. The van der Waals surface area contributed by atoms with Crippen molar-refractivity contribution in [2.24, 2.45) is 0 Å². The van der Waals surface area contributed by atoms with Gasteiger partial charge in [-0.05, 0) is 25.1 Å². The highest BCUT2D eigenvalue weighted by molar-refractivity contribution is 5.89. The first-order valence-corrected chi connectivity index (χ1v) is 5.91. The number of nitrogens with zero attached hydrogens (tertiary/aromatic N) is 3. The molecule has 1 aromatic carbocycles. The van der Waals surface area contributed by atoms with E-state index in [0.29, 0.717) is 17.9 Å². The van der Waals surface area contributed by atoms with Crippen LogP contribution in [0.1, 0.15) is 6.92 Å². The summed E-state index contributed by atoms with van der Waals surface area (Å²) in [5.41, 5.74) is 0.887. The second-order valence-corrected chi connectivity index (χ2v) is 4.41. The zero-order chi connectivity index (χ0) is 13.4. The summed E-state index contributed by atoms with van der Waals surface area (Å²) in [6, 6.07) is 4.63. The summed E-state index contributed by atoms with van der Waals surface area (Å²) in [6.07, 6.45) is 4.13. The van der Waals surface area contributed by atoms with Gasteiger partial charge in [-0.15, -0.1) is 0 Å². The van der Waals surface area contributed by atoms with Gasteiger partial charge in [-0.2, -0.15) is 0 Å². The number of imidazole rings is 1. The van der Waals surface area contributed by atoms with Crippen molar-refractivity contribution in [3.05, 3.63) is 42.7 Å². The molecule has 0 N–H and O–H groups in total. The van der Waals surface area contributed by atoms with Crippen LogP contribution in [-0.2, 0) is 4.74 Å². The fraction of sp³-hybridized carbons (Fsp3) is 0.231. The summed E-state index contributed by atoms with van der Waals surface area (Å²) in [5, 5.41) is 0. The Morgan fingerprint density at radius 1 is 1.47 bits per heavy atom. The molecule has 0 saturated carbocycles. The van der Waals surface area contributed by atoms with E-state index in [1.54, 1.807) is 36.0 Å². The standard InChI is InChI=1S/C13H12FN3O2/c1-9-7-17(13(18)19-9)10-2-3-12(11(14)6-10)16-5-4-15-8-16/h2-6,8-9H,7H2,1H3/t9-/m0/s1. The van der Waals surface area contributed by atoms with E-state index in [2.05, 4.69) is 4.98 Å². The molecule has 2 aromatic rings. The Morgan fingerprint density at radius 2 is 2.32 bits per heavy atom. The van der Waals surface area contributed by atoms with Crippen molar-refractivity contribution in [3.63, 3.8) is 0 Å². The highest BCUT2D eigenvalue weighted by atomic mass is 19.1. The molecular weight excluding hydrogens is 249 g/mol. The van der Waals surface area contributed by atoms with Gasteiger partial charge in [0.1, 0.15) is 11.9 Å². The molecule has 5 nitrogen and oxygen atoms in total.